The van der Waals surface area contributed by atoms with Gasteiger partial charge in [-0.3, -0.25) is 0 Å². The molecule has 104 valence electrons. The number of hydrogen-bond donors (Lipinski definition) is 1. The van der Waals surface area contributed by atoms with E-state index >= 15 is 0 Å². The summed E-state index contributed by atoms with van der Waals surface area (Å²) in [4.78, 5) is 10.7. The maximum atomic E-state index is 4.16. The highest BCUT2D eigenvalue weighted by Gasteiger charge is 2.33. The van der Waals surface area contributed by atoms with E-state index in [0.717, 1.165) is 18.8 Å². The molecule has 0 amide bonds. The van der Waals surface area contributed by atoms with Crippen LogP contribution in [0.2, 0.25) is 0 Å². The maximum Gasteiger partial charge on any atom is 0.115 e. The summed E-state index contributed by atoms with van der Waals surface area (Å²) in [5, 5.41) is 3.62. The molecule has 1 fully saturated rings. The largest absolute Gasteiger partial charge is 0.359 e. The second-order valence-electron chi connectivity index (χ2n) is 5.92. The normalized spacial score (nSPS) is 21.7. The Hall–Kier alpha value is -1.94. The highest BCUT2D eigenvalue weighted by molar-refractivity contribution is 5.47. The zero-order valence-corrected chi connectivity index (χ0v) is 12.0. The third kappa shape index (κ3) is 2.65. The van der Waals surface area contributed by atoms with Crippen LogP contribution in [0.15, 0.2) is 49.1 Å². The molecule has 1 aromatic carbocycles. The van der Waals surface area contributed by atoms with Crippen LogP contribution in [0.1, 0.15) is 25.5 Å². The highest BCUT2D eigenvalue weighted by atomic mass is 15.3. The fourth-order valence-electron chi connectivity index (χ4n) is 2.76. The predicted octanol–water partition coefficient (Wildman–Crippen LogP) is 2.41. The second-order valence-corrected chi connectivity index (χ2v) is 5.92. The molecule has 4 heteroatoms. The van der Waals surface area contributed by atoms with Crippen LogP contribution in [0.3, 0.4) is 0 Å². The van der Waals surface area contributed by atoms with Crippen LogP contribution < -0.4 is 10.2 Å². The summed E-state index contributed by atoms with van der Waals surface area (Å²) >= 11 is 0. The fourth-order valence-corrected chi connectivity index (χ4v) is 2.76. The lowest BCUT2D eigenvalue weighted by molar-refractivity contribution is 0.312. The quantitative estimate of drug-likeness (QED) is 0.908. The van der Waals surface area contributed by atoms with Gasteiger partial charge in [0.15, 0.2) is 0 Å². The molecule has 1 aliphatic rings. The minimum absolute atomic E-state index is 0.0844. The number of rotatable bonds is 2. The van der Waals surface area contributed by atoms with Gasteiger partial charge < -0.3 is 10.2 Å². The van der Waals surface area contributed by atoms with Gasteiger partial charge in [0.1, 0.15) is 6.33 Å². The number of nitrogens with zero attached hydrogens (tertiary/aromatic N) is 3. The molecule has 1 N–H and O–H groups in total. The van der Waals surface area contributed by atoms with Gasteiger partial charge in [-0.2, -0.15) is 0 Å². The molecule has 3 rings (SSSR count). The van der Waals surface area contributed by atoms with E-state index in [-0.39, 0.29) is 5.54 Å². The van der Waals surface area contributed by atoms with Crippen molar-refractivity contribution >= 4 is 5.69 Å². The topological polar surface area (TPSA) is 41.1 Å². The number of anilines is 1. The van der Waals surface area contributed by atoms with Crippen LogP contribution >= 0.6 is 0 Å². The Morgan fingerprint density at radius 2 is 1.85 bits per heavy atom. The molecule has 1 unspecified atom stereocenters. The number of benzene rings is 1. The summed E-state index contributed by atoms with van der Waals surface area (Å²) in [5.41, 5.74) is 2.48. The summed E-state index contributed by atoms with van der Waals surface area (Å²) in [6.07, 6.45) is 5.36. The minimum Gasteiger partial charge on any atom is -0.359 e. The Bertz CT molecular complexity index is 553. The number of hydrogen-bond acceptors (Lipinski definition) is 4. The van der Waals surface area contributed by atoms with Crippen LogP contribution in [-0.2, 0) is 0 Å². The summed E-state index contributed by atoms with van der Waals surface area (Å²) in [6, 6.07) is 10.9. The molecule has 2 heterocycles. The summed E-state index contributed by atoms with van der Waals surface area (Å²) in [6.45, 7) is 6.31. The highest BCUT2D eigenvalue weighted by Crippen LogP contribution is 2.31. The van der Waals surface area contributed by atoms with Crippen molar-refractivity contribution in [3.05, 3.63) is 54.6 Å². The van der Waals surface area contributed by atoms with Crippen molar-refractivity contribution in [3.63, 3.8) is 0 Å². The molecule has 1 saturated heterocycles. The fraction of sp³-hybridized carbons (Fsp3) is 0.375. The molecule has 0 spiro atoms. The van der Waals surface area contributed by atoms with E-state index in [1.807, 2.05) is 12.4 Å². The second kappa shape index (κ2) is 5.21. The molecule has 0 radical (unpaired) electrons. The van der Waals surface area contributed by atoms with Gasteiger partial charge >= 0.3 is 0 Å². The first kappa shape index (κ1) is 13.1. The van der Waals surface area contributed by atoms with E-state index in [1.165, 1.54) is 5.56 Å². The molecule has 2 aromatic rings. The summed E-state index contributed by atoms with van der Waals surface area (Å²) in [7, 11) is 0. The minimum atomic E-state index is 0.0844. The van der Waals surface area contributed by atoms with Crippen molar-refractivity contribution in [1.29, 1.82) is 0 Å². The lowest BCUT2D eigenvalue weighted by atomic mass is 9.94. The standard InChI is InChI=1S/C16H20N4/c1-16(2)11-20(14-8-17-12-18-9-14)15(10-19-16)13-6-4-3-5-7-13/h3-9,12,15,19H,10-11H2,1-2H3. The number of aromatic nitrogens is 2. The van der Waals surface area contributed by atoms with E-state index in [0.29, 0.717) is 6.04 Å². The zero-order chi connectivity index (χ0) is 14.0. The first-order valence-corrected chi connectivity index (χ1v) is 6.97. The van der Waals surface area contributed by atoms with Crippen molar-refractivity contribution in [2.45, 2.75) is 25.4 Å². The van der Waals surface area contributed by atoms with Crippen molar-refractivity contribution in [2.75, 3.05) is 18.0 Å². The van der Waals surface area contributed by atoms with Crippen LogP contribution in [-0.4, -0.2) is 28.6 Å². The van der Waals surface area contributed by atoms with Crippen LogP contribution in [0.4, 0.5) is 5.69 Å². The zero-order valence-electron chi connectivity index (χ0n) is 12.0. The van der Waals surface area contributed by atoms with Gasteiger partial charge in [-0.1, -0.05) is 30.3 Å². The molecule has 0 bridgehead atoms. The molecule has 20 heavy (non-hydrogen) atoms. The Labute approximate surface area is 119 Å². The van der Waals surface area contributed by atoms with E-state index in [2.05, 4.69) is 64.4 Å². The van der Waals surface area contributed by atoms with Crippen molar-refractivity contribution in [3.8, 4) is 0 Å². The van der Waals surface area contributed by atoms with Gasteiger partial charge in [-0.15, -0.1) is 0 Å². The van der Waals surface area contributed by atoms with Gasteiger partial charge in [0.05, 0.1) is 24.1 Å². The number of nitrogens with one attached hydrogen (secondary N) is 1. The van der Waals surface area contributed by atoms with Crippen molar-refractivity contribution < 1.29 is 0 Å². The lowest BCUT2D eigenvalue weighted by Crippen LogP contribution is -2.58. The monoisotopic (exact) mass is 268 g/mol. The van der Waals surface area contributed by atoms with E-state index < -0.39 is 0 Å². The van der Waals surface area contributed by atoms with Gasteiger partial charge in [0, 0.05) is 18.6 Å². The molecule has 1 aromatic heterocycles. The summed E-state index contributed by atoms with van der Waals surface area (Å²) < 4.78 is 0. The molecule has 0 saturated carbocycles. The van der Waals surface area contributed by atoms with Gasteiger partial charge in [0.2, 0.25) is 0 Å². The Morgan fingerprint density at radius 3 is 2.55 bits per heavy atom. The van der Waals surface area contributed by atoms with E-state index in [9.17, 15) is 0 Å². The third-order valence-electron chi connectivity index (χ3n) is 3.78. The Balaban J connectivity index is 1.96. The van der Waals surface area contributed by atoms with Crippen molar-refractivity contribution in [2.24, 2.45) is 0 Å². The van der Waals surface area contributed by atoms with Crippen LogP contribution in [0.25, 0.3) is 0 Å². The first-order chi connectivity index (χ1) is 9.66. The molecule has 0 aliphatic carbocycles. The van der Waals surface area contributed by atoms with E-state index in [4.69, 9.17) is 0 Å². The average molecular weight is 268 g/mol. The summed E-state index contributed by atoms with van der Waals surface area (Å²) in [5.74, 6) is 0. The maximum absolute atomic E-state index is 4.16. The lowest BCUT2D eigenvalue weighted by Gasteiger charge is -2.45. The molecule has 1 aliphatic heterocycles. The van der Waals surface area contributed by atoms with Crippen LogP contribution in [0, 0.1) is 0 Å². The first-order valence-electron chi connectivity index (χ1n) is 6.97. The van der Waals surface area contributed by atoms with Gasteiger partial charge in [0.25, 0.3) is 0 Å². The third-order valence-corrected chi connectivity index (χ3v) is 3.78. The molecular formula is C16H20N4. The SMILES string of the molecule is CC1(C)CN(c2cncnc2)C(c2ccccc2)CN1. The molecular weight excluding hydrogens is 248 g/mol. The van der Waals surface area contributed by atoms with Crippen molar-refractivity contribution in [1.82, 2.24) is 15.3 Å². The van der Waals surface area contributed by atoms with Crippen LogP contribution in [0.5, 0.6) is 0 Å². The van der Waals surface area contributed by atoms with E-state index in [1.54, 1.807) is 6.33 Å². The number of piperazine rings is 1. The average Bonchev–Trinajstić information content (AvgIpc) is 2.48. The predicted molar refractivity (Wildman–Crippen MR) is 80.6 cm³/mol. The van der Waals surface area contributed by atoms with Gasteiger partial charge in [-0.05, 0) is 19.4 Å². The Morgan fingerprint density at radius 1 is 1.15 bits per heavy atom. The Kier molecular flexibility index (Phi) is 3.40. The molecule has 1 atom stereocenters. The van der Waals surface area contributed by atoms with Gasteiger partial charge in [-0.25, -0.2) is 9.97 Å². The smallest absolute Gasteiger partial charge is 0.115 e. The molecule has 4 nitrogen and oxygen atoms in total.